The van der Waals surface area contributed by atoms with Gasteiger partial charge in [0, 0.05) is 25.9 Å². The Bertz CT molecular complexity index is 546. The number of hydrogen-bond acceptors (Lipinski definition) is 5. The molecule has 1 aliphatic rings. The van der Waals surface area contributed by atoms with E-state index in [1.807, 2.05) is 13.8 Å². The number of aryl methyl sites for hydroxylation is 1. The molecule has 1 saturated heterocycles. The van der Waals surface area contributed by atoms with Crippen LogP contribution in [0.25, 0.3) is 0 Å². The molecule has 1 aromatic heterocycles. The molecule has 1 aliphatic heterocycles. The zero-order valence-electron chi connectivity index (χ0n) is 11.2. The summed E-state index contributed by atoms with van der Waals surface area (Å²) in [6.07, 6.45) is 3.24. The predicted molar refractivity (Wildman–Crippen MR) is 71.1 cm³/mol. The van der Waals surface area contributed by atoms with Crippen molar-refractivity contribution in [3.05, 3.63) is 6.20 Å². The predicted octanol–water partition coefficient (Wildman–Crippen LogP) is 0.333. The maximum atomic E-state index is 12.2. The van der Waals surface area contributed by atoms with Gasteiger partial charge in [0.05, 0.1) is 5.60 Å². The SMILES string of the molecule is CCn1cc(S(=O)(=O)NCC2(C)CCCO2)c(N)n1. The van der Waals surface area contributed by atoms with Crippen molar-refractivity contribution in [2.45, 2.75) is 43.7 Å². The van der Waals surface area contributed by atoms with E-state index in [1.54, 1.807) is 0 Å². The molecule has 1 atom stereocenters. The van der Waals surface area contributed by atoms with Crippen LogP contribution in [0.2, 0.25) is 0 Å². The van der Waals surface area contributed by atoms with Crippen molar-refractivity contribution in [3.8, 4) is 0 Å². The van der Waals surface area contributed by atoms with Crippen LogP contribution in [0.15, 0.2) is 11.1 Å². The van der Waals surface area contributed by atoms with Crippen LogP contribution in [0.4, 0.5) is 5.82 Å². The minimum Gasteiger partial charge on any atom is -0.381 e. The number of hydrogen-bond donors (Lipinski definition) is 2. The summed E-state index contributed by atoms with van der Waals surface area (Å²) in [5.41, 5.74) is 5.21. The maximum absolute atomic E-state index is 12.2. The van der Waals surface area contributed by atoms with E-state index in [9.17, 15) is 8.42 Å². The molecular weight excluding hydrogens is 268 g/mol. The number of nitrogens with zero attached hydrogens (tertiary/aromatic N) is 2. The smallest absolute Gasteiger partial charge is 0.245 e. The molecule has 0 aromatic carbocycles. The van der Waals surface area contributed by atoms with Crippen LogP contribution in [-0.4, -0.2) is 37.0 Å². The summed E-state index contributed by atoms with van der Waals surface area (Å²) in [4.78, 5) is 0.0240. The Labute approximate surface area is 113 Å². The van der Waals surface area contributed by atoms with Crippen LogP contribution in [-0.2, 0) is 21.3 Å². The lowest BCUT2D eigenvalue weighted by Gasteiger charge is -2.23. The quantitative estimate of drug-likeness (QED) is 0.813. The zero-order chi connectivity index (χ0) is 14.1. The first-order chi connectivity index (χ1) is 8.86. The molecule has 19 heavy (non-hydrogen) atoms. The second-order valence-corrected chi connectivity index (χ2v) is 6.70. The molecule has 8 heteroatoms. The Morgan fingerprint density at radius 2 is 2.37 bits per heavy atom. The van der Waals surface area contributed by atoms with E-state index in [0.29, 0.717) is 13.2 Å². The van der Waals surface area contributed by atoms with Crippen molar-refractivity contribution in [2.24, 2.45) is 0 Å². The van der Waals surface area contributed by atoms with E-state index in [4.69, 9.17) is 10.5 Å². The number of aromatic nitrogens is 2. The lowest BCUT2D eigenvalue weighted by molar-refractivity contribution is 0.0250. The minimum atomic E-state index is -3.64. The first kappa shape index (κ1) is 14.3. The first-order valence-electron chi connectivity index (χ1n) is 6.33. The van der Waals surface area contributed by atoms with Gasteiger partial charge in [-0.05, 0) is 26.7 Å². The van der Waals surface area contributed by atoms with Crippen LogP contribution < -0.4 is 10.5 Å². The number of sulfonamides is 1. The van der Waals surface area contributed by atoms with Crippen LogP contribution in [0.5, 0.6) is 0 Å². The number of nitrogen functional groups attached to an aromatic ring is 1. The number of anilines is 1. The van der Waals surface area contributed by atoms with Crippen LogP contribution in [0.3, 0.4) is 0 Å². The van der Waals surface area contributed by atoms with Gasteiger partial charge >= 0.3 is 0 Å². The van der Waals surface area contributed by atoms with E-state index >= 15 is 0 Å². The highest BCUT2D eigenvalue weighted by atomic mass is 32.2. The third-order valence-electron chi connectivity index (χ3n) is 3.31. The molecule has 108 valence electrons. The number of ether oxygens (including phenoxy) is 1. The average Bonchev–Trinajstić information content (AvgIpc) is 2.94. The fraction of sp³-hybridized carbons (Fsp3) is 0.727. The van der Waals surface area contributed by atoms with E-state index in [1.165, 1.54) is 10.9 Å². The molecule has 2 rings (SSSR count). The molecule has 0 radical (unpaired) electrons. The molecule has 0 amide bonds. The molecule has 2 heterocycles. The summed E-state index contributed by atoms with van der Waals surface area (Å²) >= 11 is 0. The second-order valence-electron chi connectivity index (χ2n) is 4.96. The van der Waals surface area contributed by atoms with Crippen molar-refractivity contribution in [3.63, 3.8) is 0 Å². The van der Waals surface area contributed by atoms with Gasteiger partial charge in [0.2, 0.25) is 10.0 Å². The highest BCUT2D eigenvalue weighted by Crippen LogP contribution is 2.25. The lowest BCUT2D eigenvalue weighted by Crippen LogP contribution is -2.40. The highest BCUT2D eigenvalue weighted by Gasteiger charge is 2.32. The molecule has 1 aromatic rings. The molecular formula is C11H20N4O3S. The van der Waals surface area contributed by atoms with Gasteiger partial charge in [-0.2, -0.15) is 5.10 Å². The standard InChI is InChI=1S/C11H20N4O3S/c1-3-15-7-9(10(12)14-15)19(16,17)13-8-11(2)5-4-6-18-11/h7,13H,3-6,8H2,1-2H3,(H2,12,14). The molecule has 0 aliphatic carbocycles. The van der Waals surface area contributed by atoms with Gasteiger partial charge in [-0.3, -0.25) is 4.68 Å². The van der Waals surface area contributed by atoms with Crippen molar-refractivity contribution in [1.82, 2.24) is 14.5 Å². The van der Waals surface area contributed by atoms with Gasteiger partial charge in [-0.25, -0.2) is 13.1 Å². The Morgan fingerprint density at radius 1 is 1.63 bits per heavy atom. The Kier molecular flexibility index (Phi) is 3.84. The topological polar surface area (TPSA) is 99.2 Å². The number of rotatable bonds is 5. The second kappa shape index (κ2) is 5.10. The lowest BCUT2D eigenvalue weighted by atomic mass is 10.0. The fourth-order valence-corrected chi connectivity index (χ4v) is 3.32. The summed E-state index contributed by atoms with van der Waals surface area (Å²) in [5.74, 6) is 0.0202. The normalized spacial score (nSPS) is 23.9. The van der Waals surface area contributed by atoms with E-state index in [2.05, 4.69) is 9.82 Å². The zero-order valence-corrected chi connectivity index (χ0v) is 12.0. The summed E-state index contributed by atoms with van der Waals surface area (Å²) < 4.78 is 34.0. The summed E-state index contributed by atoms with van der Waals surface area (Å²) in [6, 6.07) is 0. The third-order valence-corrected chi connectivity index (χ3v) is 4.72. The fourth-order valence-electron chi connectivity index (χ4n) is 2.09. The minimum absolute atomic E-state index is 0.0202. The molecule has 3 N–H and O–H groups in total. The number of nitrogens with one attached hydrogen (secondary N) is 1. The van der Waals surface area contributed by atoms with Gasteiger partial charge in [0.25, 0.3) is 0 Å². The van der Waals surface area contributed by atoms with Crippen molar-refractivity contribution in [2.75, 3.05) is 18.9 Å². The monoisotopic (exact) mass is 288 g/mol. The molecule has 0 saturated carbocycles. The Morgan fingerprint density at radius 3 is 2.89 bits per heavy atom. The van der Waals surface area contributed by atoms with Gasteiger partial charge in [0.1, 0.15) is 4.90 Å². The van der Waals surface area contributed by atoms with Gasteiger partial charge in [-0.1, -0.05) is 0 Å². The van der Waals surface area contributed by atoms with E-state index < -0.39 is 15.6 Å². The average molecular weight is 288 g/mol. The first-order valence-corrected chi connectivity index (χ1v) is 7.81. The summed E-state index contributed by atoms with van der Waals surface area (Å²) in [7, 11) is -3.64. The molecule has 0 spiro atoms. The van der Waals surface area contributed by atoms with E-state index in [-0.39, 0.29) is 17.3 Å². The molecule has 0 bridgehead atoms. The van der Waals surface area contributed by atoms with Crippen LogP contribution in [0.1, 0.15) is 26.7 Å². The molecule has 1 unspecified atom stereocenters. The summed E-state index contributed by atoms with van der Waals surface area (Å²) in [6.45, 7) is 5.26. The molecule has 7 nitrogen and oxygen atoms in total. The van der Waals surface area contributed by atoms with E-state index in [0.717, 1.165) is 12.8 Å². The maximum Gasteiger partial charge on any atom is 0.245 e. The largest absolute Gasteiger partial charge is 0.381 e. The van der Waals surface area contributed by atoms with Gasteiger partial charge < -0.3 is 10.5 Å². The molecule has 1 fully saturated rings. The van der Waals surface area contributed by atoms with Crippen molar-refractivity contribution < 1.29 is 13.2 Å². The highest BCUT2D eigenvalue weighted by molar-refractivity contribution is 7.89. The van der Waals surface area contributed by atoms with Crippen molar-refractivity contribution in [1.29, 1.82) is 0 Å². The third kappa shape index (κ3) is 3.07. The number of nitrogens with two attached hydrogens (primary N) is 1. The van der Waals surface area contributed by atoms with Gasteiger partial charge in [-0.15, -0.1) is 0 Å². The summed E-state index contributed by atoms with van der Waals surface area (Å²) in [5, 5.41) is 3.94. The Balaban J connectivity index is 2.11. The van der Waals surface area contributed by atoms with Gasteiger partial charge in [0.15, 0.2) is 5.82 Å². The Hall–Kier alpha value is -1.12. The van der Waals surface area contributed by atoms with Crippen molar-refractivity contribution >= 4 is 15.8 Å². The van der Waals surface area contributed by atoms with Crippen LogP contribution >= 0.6 is 0 Å². The van der Waals surface area contributed by atoms with Crippen LogP contribution in [0, 0.1) is 0 Å².